The summed E-state index contributed by atoms with van der Waals surface area (Å²) in [5, 5.41) is 7.28. The van der Waals surface area contributed by atoms with Crippen molar-refractivity contribution in [2.45, 2.75) is 4.90 Å². The van der Waals surface area contributed by atoms with Crippen molar-refractivity contribution in [2.75, 3.05) is 11.6 Å². The molecule has 0 bridgehead atoms. The van der Waals surface area contributed by atoms with E-state index in [4.69, 9.17) is 10.5 Å². The van der Waals surface area contributed by atoms with E-state index < -0.39 is 22.5 Å². The Kier molecular flexibility index (Phi) is 5.11. The lowest BCUT2D eigenvalue weighted by atomic mass is 10.1. The molecule has 0 saturated heterocycles. The van der Waals surface area contributed by atoms with Gasteiger partial charge < -0.3 is 11.1 Å². The summed E-state index contributed by atoms with van der Waals surface area (Å²) in [4.78, 5) is 29.3. The molecule has 0 aliphatic carbocycles. The van der Waals surface area contributed by atoms with Crippen LogP contribution in [0.5, 0.6) is 0 Å². The van der Waals surface area contributed by atoms with Crippen LogP contribution in [0.1, 0.15) is 20.8 Å². The quantitative estimate of drug-likeness (QED) is 0.460. The molecule has 0 fully saturated rings. The van der Waals surface area contributed by atoms with Crippen molar-refractivity contribution < 1.29 is 9.59 Å². The summed E-state index contributed by atoms with van der Waals surface area (Å²) in [7, 11) is -0.560. The molecule has 4 rings (SSSR count). The summed E-state index contributed by atoms with van der Waals surface area (Å²) in [6, 6.07) is 15.8. The molecule has 8 nitrogen and oxygen atoms in total. The van der Waals surface area contributed by atoms with Crippen LogP contribution in [0.25, 0.3) is 16.8 Å². The normalized spacial score (nSPS) is 11.9. The summed E-state index contributed by atoms with van der Waals surface area (Å²) >= 11 is 0. The molecule has 0 saturated carbocycles. The van der Waals surface area contributed by atoms with Crippen molar-refractivity contribution in [3.05, 3.63) is 78.2 Å². The van der Waals surface area contributed by atoms with Crippen molar-refractivity contribution >= 4 is 33.7 Å². The summed E-state index contributed by atoms with van der Waals surface area (Å²) in [5.74, 6) is -0.994. The number of carbonyl (C=O) groups is 2. The van der Waals surface area contributed by atoms with Crippen molar-refractivity contribution in [3.8, 4) is 11.3 Å². The number of nitrogens with two attached hydrogens (primary N) is 1. The largest absolute Gasteiger partial charge is 0.366 e. The first-order valence-electron chi connectivity index (χ1n) is 8.95. The molecule has 1 atom stereocenters. The second kappa shape index (κ2) is 7.88. The number of anilines is 1. The predicted molar refractivity (Wildman–Crippen MR) is 116 cm³/mol. The van der Waals surface area contributed by atoms with Gasteiger partial charge in [-0.3, -0.25) is 14.4 Å². The second-order valence-corrected chi connectivity index (χ2v) is 8.06. The van der Waals surface area contributed by atoms with Crippen LogP contribution >= 0.6 is 0 Å². The van der Waals surface area contributed by atoms with Crippen molar-refractivity contribution in [1.82, 2.24) is 14.6 Å². The molecule has 4 aromatic rings. The van der Waals surface area contributed by atoms with Gasteiger partial charge in [-0.25, -0.2) is 9.50 Å². The van der Waals surface area contributed by atoms with Crippen LogP contribution in [0, 0.1) is 4.78 Å². The van der Waals surface area contributed by atoms with Gasteiger partial charge in [0.05, 0.1) is 11.2 Å². The fraction of sp³-hybridized carbons (Fsp3) is 0.0476. The van der Waals surface area contributed by atoms with E-state index in [2.05, 4.69) is 15.4 Å². The average molecular weight is 418 g/mol. The maximum Gasteiger partial charge on any atom is 0.276 e. The van der Waals surface area contributed by atoms with Crippen molar-refractivity contribution in [3.63, 3.8) is 0 Å². The molecule has 2 aromatic carbocycles. The van der Waals surface area contributed by atoms with E-state index in [1.807, 2.05) is 30.5 Å². The molecule has 0 radical (unpaired) electrons. The fourth-order valence-corrected chi connectivity index (χ4v) is 3.55. The van der Waals surface area contributed by atoms with Crippen molar-refractivity contribution in [1.29, 1.82) is 4.78 Å². The average Bonchev–Trinajstić information content (AvgIpc) is 3.18. The lowest BCUT2D eigenvalue weighted by Crippen LogP contribution is -2.16. The number of amides is 2. The number of hydrogen-bond donors (Lipinski definition) is 3. The molecule has 2 amide bonds. The molecule has 1 unspecified atom stereocenters. The third-order valence-electron chi connectivity index (χ3n) is 4.51. The van der Waals surface area contributed by atoms with E-state index in [1.54, 1.807) is 35.0 Å². The summed E-state index contributed by atoms with van der Waals surface area (Å²) in [6.07, 6.45) is 5.02. The van der Waals surface area contributed by atoms with Gasteiger partial charge in [-0.1, -0.05) is 28.9 Å². The van der Waals surface area contributed by atoms with Crippen LogP contribution in [-0.4, -0.2) is 32.7 Å². The highest BCUT2D eigenvalue weighted by Gasteiger charge is 2.16. The fourth-order valence-electron chi connectivity index (χ4n) is 3.01. The molecule has 2 aromatic heterocycles. The Bertz CT molecular complexity index is 1300. The van der Waals surface area contributed by atoms with Gasteiger partial charge in [-0.05, 0) is 42.7 Å². The Hall–Kier alpha value is -3.85. The standard InChI is InChI=1S/C21H18N6O2S/c1-30(23)16-7-5-13(6-8-16)17-12-18-19(24-9-10-27(18)26-17)21(29)25-15-4-2-3-14(11-15)20(22)28/h2-12,23H,1H3,(H2,22,28)(H,25,29). The first kappa shape index (κ1) is 19.5. The van der Waals surface area contributed by atoms with Gasteiger partial charge in [-0.2, -0.15) is 5.10 Å². The highest BCUT2D eigenvalue weighted by atomic mass is 32.2. The number of hydrogen-bond acceptors (Lipinski definition) is 5. The minimum Gasteiger partial charge on any atom is -0.366 e. The number of fused-ring (bicyclic) bond motifs is 1. The van der Waals surface area contributed by atoms with E-state index in [-0.39, 0.29) is 5.69 Å². The second-order valence-electron chi connectivity index (χ2n) is 6.57. The number of nitrogens with one attached hydrogen (secondary N) is 2. The zero-order chi connectivity index (χ0) is 21.3. The highest BCUT2D eigenvalue weighted by molar-refractivity contribution is 7.85. The van der Waals surface area contributed by atoms with Crippen LogP contribution in [0.3, 0.4) is 0 Å². The van der Waals surface area contributed by atoms with Crippen LogP contribution < -0.4 is 11.1 Å². The molecule has 4 N–H and O–H groups in total. The molecular weight excluding hydrogens is 400 g/mol. The predicted octanol–water partition coefficient (Wildman–Crippen LogP) is 3.12. The molecule has 2 heterocycles. The molecule has 9 heteroatoms. The van der Waals surface area contributed by atoms with Gasteiger partial charge >= 0.3 is 0 Å². The van der Waals surface area contributed by atoms with Crippen LogP contribution in [-0.2, 0) is 10.7 Å². The summed E-state index contributed by atoms with van der Waals surface area (Å²) in [6.45, 7) is 0. The van der Waals surface area contributed by atoms with E-state index in [9.17, 15) is 9.59 Å². The maximum atomic E-state index is 12.8. The Morgan fingerprint density at radius 2 is 1.90 bits per heavy atom. The van der Waals surface area contributed by atoms with E-state index >= 15 is 0 Å². The third-order valence-corrected chi connectivity index (χ3v) is 5.49. The van der Waals surface area contributed by atoms with Crippen molar-refractivity contribution in [2.24, 2.45) is 5.73 Å². The topological polar surface area (TPSA) is 126 Å². The summed E-state index contributed by atoms with van der Waals surface area (Å²) in [5.41, 5.74) is 8.38. The van der Waals surface area contributed by atoms with E-state index in [0.717, 1.165) is 10.5 Å². The molecular formula is C21H18N6O2S. The SMILES string of the molecule is CS(=N)c1ccc(-c2cc3c(C(=O)Nc4cccc(C(N)=O)c4)nccn3n2)cc1. The Labute approximate surface area is 174 Å². The lowest BCUT2D eigenvalue weighted by Gasteiger charge is -2.06. The van der Waals surface area contributed by atoms with Gasteiger partial charge in [0.1, 0.15) is 0 Å². The van der Waals surface area contributed by atoms with Crippen LogP contribution in [0.4, 0.5) is 5.69 Å². The first-order chi connectivity index (χ1) is 14.4. The third kappa shape index (κ3) is 3.83. The number of rotatable bonds is 5. The zero-order valence-corrected chi connectivity index (χ0v) is 16.8. The van der Waals surface area contributed by atoms with E-state index in [1.165, 1.54) is 12.3 Å². The maximum absolute atomic E-state index is 12.8. The number of carbonyl (C=O) groups excluding carboxylic acids is 2. The van der Waals surface area contributed by atoms with Gasteiger partial charge in [0.25, 0.3) is 5.91 Å². The Balaban J connectivity index is 1.66. The minimum absolute atomic E-state index is 0.207. The smallest absolute Gasteiger partial charge is 0.276 e. The molecule has 150 valence electrons. The van der Waals surface area contributed by atoms with Gasteiger partial charge in [0.2, 0.25) is 5.91 Å². The molecule has 0 aliphatic rings. The van der Waals surface area contributed by atoms with E-state index in [0.29, 0.717) is 22.5 Å². The minimum atomic E-state index is -0.571. The molecule has 0 spiro atoms. The number of benzene rings is 2. The zero-order valence-electron chi connectivity index (χ0n) is 16.0. The van der Waals surface area contributed by atoms with Gasteiger partial charge in [0, 0.05) is 34.1 Å². The molecule has 30 heavy (non-hydrogen) atoms. The number of primary amides is 1. The number of nitrogens with zero attached hydrogens (tertiary/aromatic N) is 3. The van der Waals surface area contributed by atoms with Crippen LogP contribution in [0.15, 0.2) is 71.9 Å². The first-order valence-corrected chi connectivity index (χ1v) is 10.6. The van der Waals surface area contributed by atoms with Crippen LogP contribution in [0.2, 0.25) is 0 Å². The van der Waals surface area contributed by atoms with Gasteiger partial charge in [-0.15, -0.1) is 0 Å². The molecule has 0 aliphatic heterocycles. The summed E-state index contributed by atoms with van der Waals surface area (Å²) < 4.78 is 9.41. The lowest BCUT2D eigenvalue weighted by molar-refractivity contribution is 0.0995. The monoisotopic (exact) mass is 418 g/mol. The Morgan fingerprint density at radius 3 is 2.60 bits per heavy atom. The highest BCUT2D eigenvalue weighted by Crippen LogP contribution is 2.23. The van der Waals surface area contributed by atoms with Gasteiger partial charge in [0.15, 0.2) is 5.69 Å². The number of aromatic nitrogens is 3. The Morgan fingerprint density at radius 1 is 1.13 bits per heavy atom.